The molecule has 0 spiro atoms. The molecule has 0 fully saturated rings. The molecule has 2 heterocycles. The number of carbonyl (C=O) groups excluding carboxylic acids is 1. The van der Waals surface area contributed by atoms with Crippen LogP contribution in [0.2, 0.25) is 0 Å². The number of H-pyrrole nitrogens is 1. The van der Waals surface area contributed by atoms with Gasteiger partial charge in [0.1, 0.15) is 5.56 Å². The van der Waals surface area contributed by atoms with E-state index < -0.39 is 11.5 Å². The fraction of sp³-hybridized carbons (Fsp3) is 0.176. The summed E-state index contributed by atoms with van der Waals surface area (Å²) in [5.41, 5.74) is 1.56. The molecular formula is C17H17N5O2. The number of benzene rings is 1. The minimum Gasteiger partial charge on any atom is -0.345 e. The van der Waals surface area contributed by atoms with Gasteiger partial charge in [-0.05, 0) is 25.5 Å². The summed E-state index contributed by atoms with van der Waals surface area (Å²) >= 11 is 0. The van der Waals surface area contributed by atoms with Gasteiger partial charge in [-0.2, -0.15) is 5.10 Å². The first-order chi connectivity index (χ1) is 11.5. The number of aryl methyl sites for hydroxylation is 1. The van der Waals surface area contributed by atoms with Crippen molar-refractivity contribution in [3.05, 3.63) is 76.0 Å². The summed E-state index contributed by atoms with van der Waals surface area (Å²) in [5, 5.41) is 6.79. The Morgan fingerprint density at radius 1 is 1.29 bits per heavy atom. The summed E-state index contributed by atoms with van der Waals surface area (Å²) in [6.45, 7) is 3.86. The summed E-state index contributed by atoms with van der Waals surface area (Å²) in [6, 6.07) is 9.34. The normalized spacial score (nSPS) is 11.9. The second-order valence-electron chi connectivity index (χ2n) is 5.51. The fourth-order valence-electron chi connectivity index (χ4n) is 2.27. The molecule has 0 aliphatic rings. The van der Waals surface area contributed by atoms with Gasteiger partial charge in [0.15, 0.2) is 0 Å². The summed E-state index contributed by atoms with van der Waals surface area (Å²) in [4.78, 5) is 31.1. The molecule has 1 atom stereocenters. The average Bonchev–Trinajstić information content (AvgIpc) is 3.09. The number of rotatable bonds is 4. The molecular weight excluding hydrogens is 306 g/mol. The first kappa shape index (κ1) is 15.7. The fourth-order valence-corrected chi connectivity index (χ4v) is 2.27. The van der Waals surface area contributed by atoms with Gasteiger partial charge in [-0.25, -0.2) is 9.67 Å². The molecule has 7 nitrogen and oxygen atoms in total. The molecule has 24 heavy (non-hydrogen) atoms. The van der Waals surface area contributed by atoms with Crippen LogP contribution in [0.3, 0.4) is 0 Å². The number of hydrogen-bond donors (Lipinski definition) is 2. The van der Waals surface area contributed by atoms with E-state index in [4.69, 9.17) is 0 Å². The van der Waals surface area contributed by atoms with Crippen molar-refractivity contribution < 1.29 is 4.79 Å². The highest BCUT2D eigenvalue weighted by molar-refractivity contribution is 5.93. The van der Waals surface area contributed by atoms with Crippen LogP contribution in [0.1, 0.15) is 34.5 Å². The lowest BCUT2D eigenvalue weighted by Gasteiger charge is -2.14. The summed E-state index contributed by atoms with van der Waals surface area (Å²) in [5.74, 6) is -0.211. The zero-order valence-corrected chi connectivity index (χ0v) is 13.4. The van der Waals surface area contributed by atoms with Gasteiger partial charge in [0.2, 0.25) is 5.95 Å². The Bertz CT molecular complexity index is 897. The second-order valence-corrected chi connectivity index (χ2v) is 5.51. The molecule has 3 aromatic rings. The molecule has 0 aliphatic heterocycles. The van der Waals surface area contributed by atoms with Crippen LogP contribution < -0.4 is 10.9 Å². The molecule has 1 aromatic carbocycles. The lowest BCUT2D eigenvalue weighted by molar-refractivity contribution is 0.0938. The van der Waals surface area contributed by atoms with Crippen LogP contribution in [0.25, 0.3) is 5.95 Å². The second kappa shape index (κ2) is 6.49. The molecule has 1 amide bonds. The number of carbonyl (C=O) groups is 1. The van der Waals surface area contributed by atoms with Crippen molar-refractivity contribution in [2.45, 2.75) is 19.9 Å². The van der Waals surface area contributed by atoms with Gasteiger partial charge >= 0.3 is 0 Å². The SMILES string of the molecule is Cc1ccc([C@H](C)NC(=O)c2cnc(-n3cccn3)[nH]c2=O)cc1. The zero-order chi connectivity index (χ0) is 17.1. The van der Waals surface area contributed by atoms with E-state index in [-0.39, 0.29) is 17.6 Å². The van der Waals surface area contributed by atoms with Gasteiger partial charge in [0.05, 0.1) is 6.04 Å². The Morgan fingerprint density at radius 3 is 2.67 bits per heavy atom. The molecule has 2 N–H and O–H groups in total. The molecule has 0 saturated carbocycles. The Labute approximate surface area is 138 Å². The van der Waals surface area contributed by atoms with E-state index in [1.54, 1.807) is 18.5 Å². The van der Waals surface area contributed by atoms with E-state index in [0.717, 1.165) is 11.1 Å². The minimum absolute atomic E-state index is 0.0372. The minimum atomic E-state index is -0.510. The predicted octanol–water partition coefficient (Wildman–Crippen LogP) is 1.76. The monoisotopic (exact) mass is 323 g/mol. The standard InChI is InChI=1S/C17H17N5O2/c1-11-4-6-13(7-5-11)12(2)20-15(23)14-10-18-17(21-16(14)24)22-9-3-8-19-22/h3-10,12H,1-2H3,(H,20,23)(H,18,21,24)/t12-/m0/s1. The number of aromatic nitrogens is 4. The van der Waals surface area contributed by atoms with Gasteiger partial charge in [0.25, 0.3) is 11.5 Å². The van der Waals surface area contributed by atoms with Crippen LogP contribution in [0.4, 0.5) is 0 Å². The van der Waals surface area contributed by atoms with Crippen molar-refractivity contribution in [3.8, 4) is 5.95 Å². The van der Waals surface area contributed by atoms with Crippen molar-refractivity contribution in [1.29, 1.82) is 0 Å². The Balaban J connectivity index is 1.77. The van der Waals surface area contributed by atoms with Gasteiger partial charge in [-0.1, -0.05) is 29.8 Å². The van der Waals surface area contributed by atoms with Crippen molar-refractivity contribution in [2.24, 2.45) is 0 Å². The van der Waals surface area contributed by atoms with Crippen molar-refractivity contribution >= 4 is 5.91 Å². The molecule has 122 valence electrons. The molecule has 2 aromatic heterocycles. The van der Waals surface area contributed by atoms with Crippen LogP contribution >= 0.6 is 0 Å². The summed E-state index contributed by atoms with van der Waals surface area (Å²) < 4.78 is 1.41. The van der Waals surface area contributed by atoms with E-state index in [2.05, 4.69) is 20.4 Å². The molecule has 0 radical (unpaired) electrons. The molecule has 7 heteroatoms. The van der Waals surface area contributed by atoms with E-state index in [1.165, 1.54) is 10.9 Å². The lowest BCUT2D eigenvalue weighted by Crippen LogP contribution is -2.32. The average molecular weight is 323 g/mol. The third kappa shape index (κ3) is 3.24. The van der Waals surface area contributed by atoms with Crippen LogP contribution in [-0.4, -0.2) is 25.7 Å². The number of amides is 1. The van der Waals surface area contributed by atoms with E-state index in [0.29, 0.717) is 0 Å². The van der Waals surface area contributed by atoms with Crippen LogP contribution in [0, 0.1) is 6.92 Å². The highest BCUT2D eigenvalue weighted by Gasteiger charge is 2.15. The van der Waals surface area contributed by atoms with Gasteiger partial charge in [0, 0.05) is 18.6 Å². The van der Waals surface area contributed by atoms with Gasteiger partial charge in [-0.15, -0.1) is 0 Å². The van der Waals surface area contributed by atoms with E-state index in [9.17, 15) is 9.59 Å². The van der Waals surface area contributed by atoms with Crippen LogP contribution in [0.5, 0.6) is 0 Å². The number of aromatic amines is 1. The van der Waals surface area contributed by atoms with Crippen LogP contribution in [0.15, 0.2) is 53.7 Å². The predicted molar refractivity (Wildman–Crippen MR) is 89.0 cm³/mol. The third-order valence-electron chi connectivity index (χ3n) is 3.68. The molecule has 3 rings (SSSR count). The van der Waals surface area contributed by atoms with Crippen molar-refractivity contribution in [1.82, 2.24) is 25.1 Å². The maximum absolute atomic E-state index is 12.3. The highest BCUT2D eigenvalue weighted by atomic mass is 16.2. The molecule has 0 aliphatic carbocycles. The Morgan fingerprint density at radius 2 is 2.04 bits per heavy atom. The topological polar surface area (TPSA) is 92.7 Å². The lowest BCUT2D eigenvalue weighted by atomic mass is 10.1. The summed E-state index contributed by atoms with van der Waals surface area (Å²) in [6.07, 6.45) is 4.48. The van der Waals surface area contributed by atoms with E-state index in [1.807, 2.05) is 38.1 Å². The number of nitrogens with zero attached hydrogens (tertiary/aromatic N) is 3. The quantitative estimate of drug-likeness (QED) is 0.765. The van der Waals surface area contributed by atoms with Gasteiger partial charge in [-0.3, -0.25) is 14.6 Å². The molecule has 0 bridgehead atoms. The third-order valence-corrected chi connectivity index (χ3v) is 3.68. The van der Waals surface area contributed by atoms with Crippen molar-refractivity contribution in [3.63, 3.8) is 0 Å². The van der Waals surface area contributed by atoms with E-state index >= 15 is 0 Å². The highest BCUT2D eigenvalue weighted by Crippen LogP contribution is 2.13. The first-order valence-electron chi connectivity index (χ1n) is 7.51. The maximum Gasteiger partial charge on any atom is 0.265 e. The number of nitrogens with one attached hydrogen (secondary N) is 2. The first-order valence-corrected chi connectivity index (χ1v) is 7.51. The molecule has 0 unspecified atom stereocenters. The summed E-state index contributed by atoms with van der Waals surface area (Å²) in [7, 11) is 0. The van der Waals surface area contributed by atoms with Crippen molar-refractivity contribution in [2.75, 3.05) is 0 Å². The Hall–Kier alpha value is -3.22. The molecule has 0 saturated heterocycles. The maximum atomic E-state index is 12.3. The van der Waals surface area contributed by atoms with Crippen LogP contribution in [-0.2, 0) is 0 Å². The van der Waals surface area contributed by atoms with Gasteiger partial charge < -0.3 is 5.32 Å². The largest absolute Gasteiger partial charge is 0.345 e. The number of hydrogen-bond acceptors (Lipinski definition) is 4. The smallest absolute Gasteiger partial charge is 0.265 e. The zero-order valence-electron chi connectivity index (χ0n) is 13.4. The Kier molecular flexibility index (Phi) is 4.24.